The minimum atomic E-state index is -0.250. The molecular weight excluding hydrogens is 447 g/mol. The summed E-state index contributed by atoms with van der Waals surface area (Å²) in [4.78, 5) is 16.4. The van der Waals surface area contributed by atoms with E-state index in [1.807, 2.05) is 24.3 Å². The van der Waals surface area contributed by atoms with Gasteiger partial charge in [0.25, 0.3) is 0 Å². The number of rotatable bonds is 3. The highest BCUT2D eigenvalue weighted by molar-refractivity contribution is 6.30. The molecule has 5 aromatic rings. The first-order chi connectivity index (χ1) is 16.6. The van der Waals surface area contributed by atoms with Gasteiger partial charge in [0.15, 0.2) is 5.82 Å². The van der Waals surface area contributed by atoms with E-state index >= 15 is 0 Å². The van der Waals surface area contributed by atoms with Crippen LogP contribution in [0.2, 0.25) is 5.02 Å². The quantitative estimate of drug-likeness (QED) is 0.283. The molecule has 3 heterocycles. The number of hydrogen-bond acceptors (Lipinski definition) is 4. The summed E-state index contributed by atoms with van der Waals surface area (Å²) in [6.07, 6.45) is 4.41. The van der Waals surface area contributed by atoms with Crippen LogP contribution >= 0.6 is 11.6 Å². The van der Waals surface area contributed by atoms with Crippen LogP contribution in [0.4, 0.5) is 15.9 Å². The molecule has 6 heteroatoms. The smallest absolute Gasteiger partial charge is 0.163 e. The van der Waals surface area contributed by atoms with Gasteiger partial charge in [-0.2, -0.15) is 0 Å². The minimum absolute atomic E-state index is 0.250. The van der Waals surface area contributed by atoms with E-state index in [1.54, 1.807) is 24.5 Å². The summed E-state index contributed by atoms with van der Waals surface area (Å²) in [5.41, 5.74) is 7.07. The lowest BCUT2D eigenvalue weighted by atomic mass is 9.98. The minimum Gasteiger partial charge on any atom is -0.325 e. The van der Waals surface area contributed by atoms with Crippen molar-refractivity contribution in [2.24, 2.45) is 0 Å². The summed E-state index contributed by atoms with van der Waals surface area (Å²) in [5, 5.41) is 1.68. The molecule has 0 aliphatic carbocycles. The molecule has 1 aliphatic rings. The maximum Gasteiger partial charge on any atom is 0.163 e. The van der Waals surface area contributed by atoms with Gasteiger partial charge in [0.1, 0.15) is 11.6 Å². The maximum atomic E-state index is 13.6. The van der Waals surface area contributed by atoms with Gasteiger partial charge < -0.3 is 4.90 Å². The molecule has 0 radical (unpaired) electrons. The number of aryl methyl sites for hydroxylation is 1. The fourth-order valence-electron chi connectivity index (χ4n) is 4.62. The second-order valence-corrected chi connectivity index (χ2v) is 8.91. The summed E-state index contributed by atoms with van der Waals surface area (Å²) in [7, 11) is 0. The summed E-state index contributed by atoms with van der Waals surface area (Å²) in [6, 6.07) is 20.6. The van der Waals surface area contributed by atoms with Crippen LogP contribution in [0.5, 0.6) is 0 Å². The molecule has 0 atom stereocenters. The van der Waals surface area contributed by atoms with E-state index in [1.165, 1.54) is 17.7 Å². The molecule has 4 nitrogen and oxygen atoms in total. The van der Waals surface area contributed by atoms with Crippen LogP contribution < -0.4 is 4.90 Å². The van der Waals surface area contributed by atoms with Crippen LogP contribution in [0.1, 0.15) is 11.1 Å². The van der Waals surface area contributed by atoms with Gasteiger partial charge in [-0.3, -0.25) is 4.98 Å². The van der Waals surface area contributed by atoms with Gasteiger partial charge in [0.2, 0.25) is 0 Å². The van der Waals surface area contributed by atoms with E-state index < -0.39 is 0 Å². The van der Waals surface area contributed by atoms with Crippen molar-refractivity contribution in [3.05, 3.63) is 101 Å². The average molecular weight is 467 g/mol. The van der Waals surface area contributed by atoms with Crippen LogP contribution in [0.25, 0.3) is 33.4 Å². The molecule has 0 N–H and O–H groups in total. The number of aromatic nitrogens is 3. The lowest BCUT2D eigenvalue weighted by molar-refractivity contribution is 0.628. The summed E-state index contributed by atoms with van der Waals surface area (Å²) < 4.78 is 13.6. The third-order valence-electron chi connectivity index (χ3n) is 6.29. The van der Waals surface area contributed by atoms with E-state index in [0.29, 0.717) is 5.82 Å². The molecule has 0 unspecified atom stereocenters. The number of pyridine rings is 1. The Morgan fingerprint density at radius 2 is 1.79 bits per heavy atom. The first-order valence-electron chi connectivity index (χ1n) is 11.1. The molecule has 2 aromatic heterocycles. The van der Waals surface area contributed by atoms with Crippen molar-refractivity contribution in [2.75, 3.05) is 11.4 Å². The second kappa shape index (κ2) is 8.19. The first-order valence-corrected chi connectivity index (χ1v) is 11.5. The van der Waals surface area contributed by atoms with Crippen molar-refractivity contribution >= 4 is 34.0 Å². The highest BCUT2D eigenvalue weighted by Gasteiger charge is 2.25. The molecule has 0 amide bonds. The zero-order valence-electron chi connectivity index (χ0n) is 18.5. The van der Waals surface area contributed by atoms with Gasteiger partial charge in [0.05, 0.1) is 5.52 Å². The largest absolute Gasteiger partial charge is 0.325 e. The van der Waals surface area contributed by atoms with Crippen LogP contribution in [0.3, 0.4) is 0 Å². The number of fused-ring (bicyclic) bond motifs is 2. The Bertz CT molecular complexity index is 1530. The predicted octanol–water partition coefficient (Wildman–Crippen LogP) is 7.15. The Kier molecular flexibility index (Phi) is 5.00. The SMILES string of the molecule is Cc1cc2nc(-c3cccnc3)nc(N3CCc4cc(Cl)ccc43)c2cc1-c1ccc(F)cc1. The number of nitrogens with zero attached hydrogens (tertiary/aromatic N) is 4. The van der Waals surface area contributed by atoms with Crippen molar-refractivity contribution in [1.29, 1.82) is 0 Å². The van der Waals surface area contributed by atoms with Crippen LogP contribution in [-0.4, -0.2) is 21.5 Å². The third-order valence-corrected chi connectivity index (χ3v) is 6.52. The number of benzene rings is 3. The summed E-state index contributed by atoms with van der Waals surface area (Å²) in [5.74, 6) is 1.22. The summed E-state index contributed by atoms with van der Waals surface area (Å²) in [6.45, 7) is 2.85. The number of hydrogen-bond donors (Lipinski definition) is 0. The summed E-state index contributed by atoms with van der Waals surface area (Å²) >= 11 is 6.26. The van der Waals surface area contributed by atoms with E-state index in [0.717, 1.165) is 62.7 Å². The third kappa shape index (κ3) is 3.58. The van der Waals surface area contributed by atoms with Gasteiger partial charge >= 0.3 is 0 Å². The Morgan fingerprint density at radius 3 is 2.59 bits per heavy atom. The van der Waals surface area contributed by atoms with Gasteiger partial charge in [-0.25, -0.2) is 14.4 Å². The fraction of sp³-hybridized carbons (Fsp3) is 0.107. The Balaban J connectivity index is 1.60. The number of halogens is 2. The Labute approximate surface area is 201 Å². The second-order valence-electron chi connectivity index (χ2n) is 8.48. The lowest BCUT2D eigenvalue weighted by Crippen LogP contribution is -2.16. The molecule has 6 rings (SSSR count). The average Bonchev–Trinajstić information content (AvgIpc) is 3.27. The maximum absolute atomic E-state index is 13.6. The molecule has 0 spiro atoms. The van der Waals surface area contributed by atoms with E-state index in [-0.39, 0.29) is 5.82 Å². The standard InChI is InChI=1S/C28H20ClFN4/c1-17-13-25-24(15-23(17)18-4-7-22(30)8-5-18)28(33-27(32-25)20-3-2-11-31-16-20)34-12-10-19-14-21(29)6-9-26(19)34/h2-9,11,13-16H,10,12H2,1H3. The molecule has 0 saturated carbocycles. The molecule has 0 saturated heterocycles. The normalized spacial score (nSPS) is 12.9. The van der Waals surface area contributed by atoms with Crippen molar-refractivity contribution < 1.29 is 4.39 Å². The van der Waals surface area contributed by atoms with Gasteiger partial charge in [-0.1, -0.05) is 23.7 Å². The number of anilines is 2. The Hall–Kier alpha value is -3.83. The van der Waals surface area contributed by atoms with Gasteiger partial charge in [-0.05, 0) is 90.2 Å². The van der Waals surface area contributed by atoms with Crippen LogP contribution in [-0.2, 0) is 6.42 Å². The molecule has 3 aromatic carbocycles. The van der Waals surface area contributed by atoms with Gasteiger partial charge in [-0.15, -0.1) is 0 Å². The molecular formula is C28H20ClFN4. The molecule has 1 aliphatic heterocycles. The van der Waals surface area contributed by atoms with Crippen molar-refractivity contribution in [3.63, 3.8) is 0 Å². The van der Waals surface area contributed by atoms with E-state index in [9.17, 15) is 4.39 Å². The predicted molar refractivity (Wildman–Crippen MR) is 135 cm³/mol. The topological polar surface area (TPSA) is 41.9 Å². The van der Waals surface area contributed by atoms with Gasteiger partial charge in [0, 0.05) is 40.6 Å². The highest BCUT2D eigenvalue weighted by atomic mass is 35.5. The lowest BCUT2D eigenvalue weighted by Gasteiger charge is -2.22. The highest BCUT2D eigenvalue weighted by Crippen LogP contribution is 2.40. The van der Waals surface area contributed by atoms with Crippen molar-refractivity contribution in [1.82, 2.24) is 15.0 Å². The zero-order valence-corrected chi connectivity index (χ0v) is 19.2. The zero-order chi connectivity index (χ0) is 23.2. The van der Waals surface area contributed by atoms with Crippen molar-refractivity contribution in [3.8, 4) is 22.5 Å². The Morgan fingerprint density at radius 1 is 0.941 bits per heavy atom. The molecule has 0 bridgehead atoms. The van der Waals surface area contributed by atoms with Crippen molar-refractivity contribution in [2.45, 2.75) is 13.3 Å². The molecule has 34 heavy (non-hydrogen) atoms. The molecule has 0 fully saturated rings. The van der Waals surface area contributed by atoms with E-state index in [4.69, 9.17) is 21.6 Å². The van der Waals surface area contributed by atoms with Crippen LogP contribution in [0.15, 0.2) is 79.1 Å². The van der Waals surface area contributed by atoms with Crippen LogP contribution in [0, 0.1) is 12.7 Å². The van der Waals surface area contributed by atoms with E-state index in [2.05, 4.69) is 35.0 Å². The monoisotopic (exact) mass is 466 g/mol. The first kappa shape index (κ1) is 20.8. The fourth-order valence-corrected chi connectivity index (χ4v) is 4.82. The molecule has 166 valence electrons.